The van der Waals surface area contributed by atoms with Crippen molar-refractivity contribution < 1.29 is 5.11 Å². The average molecular weight is 207 g/mol. The first kappa shape index (κ1) is 9.50. The number of hydrogen-bond acceptors (Lipinski definition) is 1. The molecule has 14 heavy (non-hydrogen) atoms. The molecule has 0 fully saturated rings. The summed E-state index contributed by atoms with van der Waals surface area (Å²) in [4.78, 5) is 0. The predicted octanol–water partition coefficient (Wildman–Crippen LogP) is 3.26. The van der Waals surface area contributed by atoms with Gasteiger partial charge in [0.1, 0.15) is 6.10 Å². The highest BCUT2D eigenvalue weighted by Gasteiger charge is 2.13. The van der Waals surface area contributed by atoms with Crippen molar-refractivity contribution in [2.24, 2.45) is 0 Å². The zero-order valence-corrected chi connectivity index (χ0v) is 8.41. The first-order chi connectivity index (χ1) is 6.77. The van der Waals surface area contributed by atoms with Crippen LogP contribution in [0.3, 0.4) is 0 Å². The third kappa shape index (κ3) is 1.89. The van der Waals surface area contributed by atoms with Crippen LogP contribution < -0.4 is 0 Å². The summed E-state index contributed by atoms with van der Waals surface area (Å²) in [6.45, 7) is 0. The summed E-state index contributed by atoms with van der Waals surface area (Å²) in [6.07, 6.45) is 6.30. The van der Waals surface area contributed by atoms with Crippen LogP contribution >= 0.6 is 11.6 Å². The van der Waals surface area contributed by atoms with E-state index in [1.54, 1.807) is 12.1 Å². The SMILES string of the molecule is OC(C1=CC=CC1)c1ccc(Cl)cc1. The average Bonchev–Trinajstić information content (AvgIpc) is 2.71. The Hall–Kier alpha value is -1.05. The minimum Gasteiger partial charge on any atom is -0.384 e. The molecule has 1 aliphatic carbocycles. The Morgan fingerprint density at radius 1 is 1.21 bits per heavy atom. The number of hydrogen-bond donors (Lipinski definition) is 1. The molecule has 0 aromatic heterocycles. The van der Waals surface area contributed by atoms with Crippen LogP contribution in [0.25, 0.3) is 0 Å². The van der Waals surface area contributed by atoms with Crippen LogP contribution in [0.4, 0.5) is 0 Å². The van der Waals surface area contributed by atoms with Gasteiger partial charge in [-0.25, -0.2) is 0 Å². The highest BCUT2D eigenvalue weighted by Crippen LogP contribution is 2.27. The first-order valence-electron chi connectivity index (χ1n) is 4.56. The zero-order valence-electron chi connectivity index (χ0n) is 7.65. The lowest BCUT2D eigenvalue weighted by molar-refractivity contribution is 0.214. The molecule has 1 unspecified atom stereocenters. The molecule has 1 nitrogen and oxygen atoms in total. The van der Waals surface area contributed by atoms with Gasteiger partial charge in [-0.2, -0.15) is 0 Å². The van der Waals surface area contributed by atoms with E-state index in [9.17, 15) is 5.11 Å². The standard InChI is InChI=1S/C12H11ClO/c13-11-7-5-10(6-8-11)12(14)9-3-1-2-4-9/h1-3,5-8,12,14H,4H2. The molecule has 2 heteroatoms. The van der Waals surface area contributed by atoms with Crippen LogP contribution in [0, 0.1) is 0 Å². The fourth-order valence-electron chi connectivity index (χ4n) is 1.53. The van der Waals surface area contributed by atoms with Crippen molar-refractivity contribution in [2.75, 3.05) is 0 Å². The molecule has 0 heterocycles. The smallest absolute Gasteiger partial charge is 0.101 e. The van der Waals surface area contributed by atoms with Crippen LogP contribution in [0.2, 0.25) is 5.02 Å². The minimum atomic E-state index is -0.498. The van der Waals surface area contributed by atoms with E-state index in [4.69, 9.17) is 11.6 Å². The van der Waals surface area contributed by atoms with Crippen molar-refractivity contribution in [3.63, 3.8) is 0 Å². The fraction of sp³-hybridized carbons (Fsp3) is 0.167. The number of aliphatic hydroxyl groups is 1. The molecule has 0 spiro atoms. The predicted molar refractivity (Wildman–Crippen MR) is 58.3 cm³/mol. The van der Waals surface area contributed by atoms with Gasteiger partial charge in [-0.3, -0.25) is 0 Å². The molecule has 0 amide bonds. The molecule has 1 aromatic carbocycles. The molecule has 72 valence electrons. The molecule has 1 N–H and O–H groups in total. The van der Waals surface area contributed by atoms with Crippen LogP contribution in [-0.2, 0) is 0 Å². The molecule has 0 saturated heterocycles. The van der Waals surface area contributed by atoms with Crippen LogP contribution in [0.1, 0.15) is 18.1 Å². The summed E-state index contributed by atoms with van der Waals surface area (Å²) >= 11 is 5.77. The molecule has 1 aromatic rings. The Labute approximate surface area is 88.3 Å². The van der Waals surface area contributed by atoms with Crippen molar-refractivity contribution >= 4 is 11.6 Å². The zero-order chi connectivity index (χ0) is 9.97. The van der Waals surface area contributed by atoms with E-state index in [0.29, 0.717) is 5.02 Å². The third-order valence-electron chi connectivity index (χ3n) is 2.34. The van der Waals surface area contributed by atoms with E-state index >= 15 is 0 Å². The maximum Gasteiger partial charge on any atom is 0.101 e. The maximum atomic E-state index is 9.96. The molecular weight excluding hydrogens is 196 g/mol. The number of rotatable bonds is 2. The monoisotopic (exact) mass is 206 g/mol. The topological polar surface area (TPSA) is 20.2 Å². The van der Waals surface area contributed by atoms with Crippen LogP contribution in [-0.4, -0.2) is 5.11 Å². The third-order valence-corrected chi connectivity index (χ3v) is 2.59. The van der Waals surface area contributed by atoms with Gasteiger partial charge in [0, 0.05) is 5.02 Å². The van der Waals surface area contributed by atoms with Crippen molar-refractivity contribution in [3.05, 3.63) is 58.7 Å². The van der Waals surface area contributed by atoms with Gasteiger partial charge >= 0.3 is 0 Å². The summed E-state index contributed by atoms with van der Waals surface area (Å²) in [5.74, 6) is 0. The summed E-state index contributed by atoms with van der Waals surface area (Å²) in [5, 5.41) is 10.7. The Bertz CT molecular complexity index is 376. The largest absolute Gasteiger partial charge is 0.384 e. The summed E-state index contributed by atoms with van der Waals surface area (Å²) < 4.78 is 0. The van der Waals surface area contributed by atoms with Gasteiger partial charge in [0.2, 0.25) is 0 Å². The van der Waals surface area contributed by atoms with Gasteiger partial charge in [0.25, 0.3) is 0 Å². The van der Waals surface area contributed by atoms with Gasteiger partial charge in [-0.15, -0.1) is 0 Å². The fourth-order valence-corrected chi connectivity index (χ4v) is 1.65. The molecule has 0 aliphatic heterocycles. The number of halogens is 1. The van der Waals surface area contributed by atoms with Gasteiger partial charge in [-0.05, 0) is 29.7 Å². The lowest BCUT2D eigenvalue weighted by atomic mass is 10.0. The van der Waals surface area contributed by atoms with E-state index in [0.717, 1.165) is 17.6 Å². The van der Waals surface area contributed by atoms with Crippen molar-refractivity contribution in [3.8, 4) is 0 Å². The van der Waals surface area contributed by atoms with E-state index in [-0.39, 0.29) is 0 Å². The van der Waals surface area contributed by atoms with Crippen molar-refractivity contribution in [2.45, 2.75) is 12.5 Å². The number of benzene rings is 1. The van der Waals surface area contributed by atoms with Gasteiger partial charge in [0.15, 0.2) is 0 Å². The Kier molecular flexibility index (Phi) is 2.71. The quantitative estimate of drug-likeness (QED) is 0.788. The van der Waals surface area contributed by atoms with Crippen LogP contribution in [0.5, 0.6) is 0 Å². The Morgan fingerprint density at radius 2 is 1.93 bits per heavy atom. The van der Waals surface area contributed by atoms with E-state index < -0.39 is 6.10 Å². The number of allylic oxidation sites excluding steroid dienone is 3. The van der Waals surface area contributed by atoms with Crippen LogP contribution in [0.15, 0.2) is 48.1 Å². The lowest BCUT2D eigenvalue weighted by Crippen LogP contribution is -1.99. The molecule has 0 bridgehead atoms. The normalized spacial score (nSPS) is 16.9. The molecule has 0 radical (unpaired) electrons. The summed E-state index contributed by atoms with van der Waals surface area (Å²) in [6, 6.07) is 7.30. The molecule has 1 atom stereocenters. The minimum absolute atomic E-state index is 0.498. The highest BCUT2D eigenvalue weighted by atomic mass is 35.5. The summed E-state index contributed by atoms with van der Waals surface area (Å²) in [5.41, 5.74) is 1.93. The summed E-state index contributed by atoms with van der Waals surface area (Å²) in [7, 11) is 0. The maximum absolute atomic E-state index is 9.96. The second kappa shape index (κ2) is 3.99. The van der Waals surface area contributed by atoms with Crippen molar-refractivity contribution in [1.82, 2.24) is 0 Å². The van der Waals surface area contributed by atoms with E-state index in [1.807, 2.05) is 30.4 Å². The Morgan fingerprint density at radius 3 is 2.50 bits per heavy atom. The van der Waals surface area contributed by atoms with Crippen molar-refractivity contribution in [1.29, 1.82) is 0 Å². The molecule has 2 rings (SSSR count). The van der Waals surface area contributed by atoms with E-state index in [1.165, 1.54) is 0 Å². The second-order valence-electron chi connectivity index (χ2n) is 3.33. The lowest BCUT2D eigenvalue weighted by Gasteiger charge is -2.11. The van der Waals surface area contributed by atoms with E-state index in [2.05, 4.69) is 0 Å². The number of aliphatic hydroxyl groups excluding tert-OH is 1. The molecule has 0 saturated carbocycles. The van der Waals surface area contributed by atoms with Gasteiger partial charge in [0.05, 0.1) is 0 Å². The second-order valence-corrected chi connectivity index (χ2v) is 3.76. The Balaban J connectivity index is 2.19. The van der Waals surface area contributed by atoms with Gasteiger partial charge < -0.3 is 5.11 Å². The van der Waals surface area contributed by atoms with Gasteiger partial charge in [-0.1, -0.05) is 42.0 Å². The first-order valence-corrected chi connectivity index (χ1v) is 4.94. The highest BCUT2D eigenvalue weighted by molar-refractivity contribution is 6.30. The molecular formula is C12H11ClO. The molecule has 1 aliphatic rings.